The van der Waals surface area contributed by atoms with E-state index in [4.69, 9.17) is 0 Å². The molecule has 0 heterocycles. The van der Waals surface area contributed by atoms with E-state index in [9.17, 15) is 0 Å². The van der Waals surface area contributed by atoms with E-state index in [1.165, 1.54) is 22.8 Å². The van der Waals surface area contributed by atoms with Crippen molar-refractivity contribution in [3.8, 4) is 0 Å². The molecule has 0 N–H and O–H groups in total. The van der Waals surface area contributed by atoms with Gasteiger partial charge in [0, 0.05) is 0 Å². The standard InChI is InChI=1S/C22H35Si2.3ClH.Ti/c1-11-24(10,22(6)15-17(3)18(4)19(22)5)21-13-16(2)12-20(14-21)23(7,8)9;;;;/h12-14H,11H2,1-10H3;3*1H;/q;;;;+3/p-3. The van der Waals surface area contributed by atoms with Crippen molar-refractivity contribution in [1.29, 1.82) is 0 Å². The van der Waals surface area contributed by atoms with Gasteiger partial charge in [-0.3, -0.25) is 0 Å². The first kappa shape index (κ1) is 30.9. The van der Waals surface area contributed by atoms with Gasteiger partial charge in [0.25, 0.3) is 0 Å². The molecule has 2 rings (SSSR count). The number of allylic oxidation sites excluding steroid dienone is 4. The van der Waals surface area contributed by atoms with E-state index in [-0.39, 0.29) is 42.3 Å². The van der Waals surface area contributed by atoms with Gasteiger partial charge in [0.2, 0.25) is 0 Å². The maximum atomic E-state index is 2.63. The molecule has 1 aromatic carbocycles. The Balaban J connectivity index is 0. The monoisotopic (exact) mass is 508 g/mol. The van der Waals surface area contributed by atoms with Crippen molar-refractivity contribution in [1.82, 2.24) is 0 Å². The predicted octanol–water partition coefficient (Wildman–Crippen LogP) is -3.21. The molecule has 0 radical (unpaired) electrons. The summed E-state index contributed by atoms with van der Waals surface area (Å²) in [6.45, 7) is 24.4. The van der Waals surface area contributed by atoms with Gasteiger partial charge >= 0.3 is 170 Å². The molecule has 0 aromatic heterocycles. The molecule has 1 aliphatic carbocycles. The molecule has 0 amide bonds. The fourth-order valence-corrected chi connectivity index (χ4v) is 12.2. The minimum atomic E-state index is -1.74. The molecule has 2 atom stereocenters. The summed E-state index contributed by atoms with van der Waals surface area (Å²) >= 11 is 2.39. The fraction of sp³-hybridized carbons (Fsp3) is 0.545. The van der Waals surface area contributed by atoms with Crippen molar-refractivity contribution in [3.05, 3.63) is 44.4 Å². The Hall–Kier alpha value is 0.718. The third-order valence-electron chi connectivity index (χ3n) is 7.14. The third kappa shape index (κ3) is 4.79. The van der Waals surface area contributed by atoms with Crippen molar-refractivity contribution in [2.75, 3.05) is 0 Å². The van der Waals surface area contributed by atoms with Gasteiger partial charge < -0.3 is 37.2 Å². The summed E-state index contributed by atoms with van der Waals surface area (Å²) in [7, 11) is -3.05. The average Bonchev–Trinajstić information content (AvgIpc) is 2.69. The van der Waals surface area contributed by atoms with E-state index < -0.39 is 16.1 Å². The van der Waals surface area contributed by atoms with Crippen LogP contribution in [0.25, 0.3) is 0 Å². The van der Waals surface area contributed by atoms with Crippen LogP contribution in [0.2, 0.25) is 37.3 Å². The van der Waals surface area contributed by atoms with Crippen LogP contribution in [0.3, 0.4) is 0 Å². The first-order valence-corrected chi connectivity index (χ1v) is 16.5. The fourth-order valence-electron chi connectivity index (χ4n) is 4.48. The average molecular weight is 510 g/mol. The molecule has 0 fully saturated rings. The molecule has 2 unspecified atom stereocenters. The SMILES string of the molecule is CC[Si](C)(c1cc(C)cc([Si](C)(C)C)c1)C1(C)C(C)=C(C)C(C)=[C]1[Ti+3].[Cl-].[Cl-].[Cl-]. The van der Waals surface area contributed by atoms with Crippen molar-refractivity contribution in [2.45, 2.75) is 78.8 Å². The Bertz CT molecular complexity index is 754. The Kier molecular flexibility index (Phi) is 11.4. The van der Waals surface area contributed by atoms with Crippen molar-refractivity contribution in [3.63, 3.8) is 0 Å². The van der Waals surface area contributed by atoms with Gasteiger partial charge in [-0.1, -0.05) is 0 Å². The number of hydrogen-bond donors (Lipinski definition) is 0. The molecule has 0 bridgehead atoms. The normalized spacial score (nSPS) is 21.6. The van der Waals surface area contributed by atoms with Crippen LogP contribution in [-0.4, -0.2) is 16.1 Å². The molecule has 6 heteroatoms. The summed E-state index contributed by atoms with van der Waals surface area (Å²) in [5.41, 5.74) is 6.13. The number of halogens is 3. The molecule has 1 aliphatic rings. The van der Waals surface area contributed by atoms with Crippen LogP contribution in [0.1, 0.15) is 40.2 Å². The van der Waals surface area contributed by atoms with Crippen molar-refractivity contribution in [2.24, 2.45) is 0 Å². The van der Waals surface area contributed by atoms with Crippen molar-refractivity contribution >= 4 is 26.5 Å². The molecule has 28 heavy (non-hydrogen) atoms. The molecule has 0 saturated carbocycles. The van der Waals surface area contributed by atoms with Gasteiger partial charge in [-0.15, -0.1) is 0 Å². The Labute approximate surface area is 206 Å². The smallest absolute Gasteiger partial charge is 1.00 e. The zero-order valence-corrected chi connectivity index (χ0v) is 24.9. The topological polar surface area (TPSA) is 0 Å². The predicted molar refractivity (Wildman–Crippen MR) is 115 cm³/mol. The molecule has 1 aromatic rings. The quantitative estimate of drug-likeness (QED) is 0.375. The van der Waals surface area contributed by atoms with E-state index in [0.717, 1.165) is 0 Å². The Morgan fingerprint density at radius 3 is 1.64 bits per heavy atom. The molecule has 156 valence electrons. The van der Waals surface area contributed by atoms with Gasteiger partial charge in [0.15, 0.2) is 0 Å². The Morgan fingerprint density at radius 1 is 0.821 bits per heavy atom. The van der Waals surface area contributed by atoms with E-state index in [1.807, 2.05) is 0 Å². The second-order valence-electron chi connectivity index (χ2n) is 9.40. The van der Waals surface area contributed by atoms with Crippen LogP contribution in [0, 0.1) is 6.92 Å². The Morgan fingerprint density at radius 2 is 1.29 bits per heavy atom. The van der Waals surface area contributed by atoms with Gasteiger partial charge in [-0.05, 0) is 0 Å². The second-order valence-corrected chi connectivity index (χ2v) is 20.2. The van der Waals surface area contributed by atoms with E-state index >= 15 is 0 Å². The number of hydrogen-bond acceptors (Lipinski definition) is 0. The van der Waals surface area contributed by atoms with Crippen LogP contribution in [0.5, 0.6) is 0 Å². The summed E-state index contributed by atoms with van der Waals surface area (Å²) in [5.74, 6) is 0. The number of rotatable bonds is 4. The minimum absolute atomic E-state index is 0. The molecule has 0 spiro atoms. The van der Waals surface area contributed by atoms with Gasteiger partial charge in [-0.25, -0.2) is 0 Å². The maximum Gasteiger partial charge on any atom is -1.00 e. The van der Waals surface area contributed by atoms with Crippen LogP contribution >= 0.6 is 0 Å². The second kappa shape index (κ2) is 10.4. The summed E-state index contributed by atoms with van der Waals surface area (Å²) < 4.78 is 1.62. The summed E-state index contributed by atoms with van der Waals surface area (Å²) in [5, 5.41) is 3.52. The molecule has 0 saturated heterocycles. The van der Waals surface area contributed by atoms with Crippen molar-refractivity contribution < 1.29 is 57.7 Å². The van der Waals surface area contributed by atoms with Crippen LogP contribution in [0.4, 0.5) is 0 Å². The first-order valence-electron chi connectivity index (χ1n) is 9.54. The number of benzene rings is 1. The van der Waals surface area contributed by atoms with E-state index in [1.54, 1.807) is 19.8 Å². The van der Waals surface area contributed by atoms with Gasteiger partial charge in [-0.2, -0.15) is 0 Å². The largest absolute Gasteiger partial charge is 1.00 e. The van der Waals surface area contributed by atoms with E-state index in [0.29, 0.717) is 0 Å². The molecule has 0 aliphatic heterocycles. The molecule has 0 nitrogen and oxygen atoms in total. The number of aryl methyl sites for hydroxylation is 1. The zero-order valence-electron chi connectivity index (χ0n) is 19.1. The minimum Gasteiger partial charge on any atom is -1.00 e. The van der Waals surface area contributed by atoms with E-state index in [2.05, 4.69) is 106 Å². The molecular weight excluding hydrogens is 475 g/mol. The summed E-state index contributed by atoms with van der Waals surface area (Å²) in [6, 6.07) is 8.84. The summed E-state index contributed by atoms with van der Waals surface area (Å²) in [6.07, 6.45) is 0. The summed E-state index contributed by atoms with van der Waals surface area (Å²) in [4.78, 5) is 0. The van der Waals surface area contributed by atoms with Crippen LogP contribution in [0.15, 0.2) is 38.8 Å². The zero-order chi connectivity index (χ0) is 19.4. The van der Waals surface area contributed by atoms with Crippen LogP contribution in [-0.2, 0) is 20.4 Å². The van der Waals surface area contributed by atoms with Crippen LogP contribution < -0.4 is 47.6 Å². The molecular formula is C22H35Cl3Si2Ti. The maximum absolute atomic E-state index is 2.63. The van der Waals surface area contributed by atoms with Gasteiger partial charge in [0.1, 0.15) is 0 Å². The third-order valence-corrected chi connectivity index (χ3v) is 16.7. The van der Waals surface area contributed by atoms with Gasteiger partial charge in [0.05, 0.1) is 0 Å². The first-order chi connectivity index (χ1) is 11.3.